The van der Waals surface area contributed by atoms with E-state index in [0.717, 1.165) is 19.3 Å². The summed E-state index contributed by atoms with van der Waals surface area (Å²) in [6, 6.07) is 4.69. The first kappa shape index (κ1) is 21.8. The first-order valence-electron chi connectivity index (χ1n) is 9.74. The van der Waals surface area contributed by atoms with E-state index in [1.165, 1.54) is 22.9 Å². The topological polar surface area (TPSA) is 69.7 Å². The first-order chi connectivity index (χ1) is 13.3. The standard InChI is InChI=1S/C19H27Cl2N3O3S/c1-14-4-2-3-5-17(14)22-19(25)13-23-8-10-24(11-9-23)28(26,27)18-12-15(20)6-7-16(18)21/h6-7,12,14,17H,2-5,8-11,13H2,1H3,(H,22,25)/t14-,17+/m0/s1. The Morgan fingerprint density at radius 1 is 1.14 bits per heavy atom. The Bertz CT molecular complexity index is 811. The van der Waals surface area contributed by atoms with E-state index in [-0.39, 0.29) is 21.9 Å². The number of nitrogens with one attached hydrogen (secondary N) is 1. The van der Waals surface area contributed by atoms with Gasteiger partial charge in [-0.2, -0.15) is 4.31 Å². The molecule has 156 valence electrons. The summed E-state index contributed by atoms with van der Waals surface area (Å²) in [7, 11) is -3.71. The maximum absolute atomic E-state index is 12.9. The second-order valence-electron chi connectivity index (χ2n) is 7.69. The fourth-order valence-corrected chi connectivity index (χ4v) is 6.09. The Labute approximate surface area is 177 Å². The highest BCUT2D eigenvalue weighted by atomic mass is 35.5. The lowest BCUT2D eigenvalue weighted by Crippen LogP contribution is -2.52. The Hall–Kier alpha value is -0.860. The van der Waals surface area contributed by atoms with E-state index in [0.29, 0.717) is 43.7 Å². The van der Waals surface area contributed by atoms with Crippen molar-refractivity contribution in [2.75, 3.05) is 32.7 Å². The average molecular weight is 448 g/mol. The Balaban J connectivity index is 1.54. The molecule has 1 amide bonds. The van der Waals surface area contributed by atoms with Gasteiger partial charge in [0.05, 0.1) is 11.6 Å². The van der Waals surface area contributed by atoms with Crippen molar-refractivity contribution in [2.45, 2.75) is 43.5 Å². The maximum Gasteiger partial charge on any atom is 0.244 e. The summed E-state index contributed by atoms with van der Waals surface area (Å²) in [6.45, 7) is 4.14. The lowest BCUT2D eigenvalue weighted by Gasteiger charge is -2.35. The molecule has 0 unspecified atom stereocenters. The molecule has 2 atom stereocenters. The normalized spacial score (nSPS) is 24.8. The molecule has 28 heavy (non-hydrogen) atoms. The van der Waals surface area contributed by atoms with Crippen molar-refractivity contribution in [3.05, 3.63) is 28.2 Å². The summed E-state index contributed by atoms with van der Waals surface area (Å²) in [5.74, 6) is 0.537. The molecule has 0 radical (unpaired) electrons. The van der Waals surface area contributed by atoms with Gasteiger partial charge in [-0.15, -0.1) is 0 Å². The van der Waals surface area contributed by atoms with Crippen molar-refractivity contribution in [3.8, 4) is 0 Å². The van der Waals surface area contributed by atoms with E-state index in [2.05, 4.69) is 12.2 Å². The second-order valence-corrected chi connectivity index (χ2v) is 10.4. The van der Waals surface area contributed by atoms with Crippen LogP contribution in [0.25, 0.3) is 0 Å². The van der Waals surface area contributed by atoms with Crippen LogP contribution in [0.5, 0.6) is 0 Å². The Kier molecular flexibility index (Phi) is 7.26. The molecule has 1 aliphatic carbocycles. The Morgan fingerprint density at radius 3 is 2.50 bits per heavy atom. The summed E-state index contributed by atoms with van der Waals surface area (Å²) in [5.41, 5.74) is 0. The van der Waals surface area contributed by atoms with Crippen LogP contribution < -0.4 is 5.32 Å². The predicted molar refractivity (Wildman–Crippen MR) is 111 cm³/mol. The van der Waals surface area contributed by atoms with Gasteiger partial charge in [-0.3, -0.25) is 9.69 Å². The molecule has 6 nitrogen and oxygen atoms in total. The summed E-state index contributed by atoms with van der Waals surface area (Å²) in [5, 5.41) is 3.64. The number of carbonyl (C=O) groups is 1. The molecule has 3 rings (SSSR count). The van der Waals surface area contributed by atoms with Crippen molar-refractivity contribution in [3.63, 3.8) is 0 Å². The minimum atomic E-state index is -3.71. The summed E-state index contributed by atoms with van der Waals surface area (Å²) >= 11 is 12.0. The van der Waals surface area contributed by atoms with Crippen molar-refractivity contribution >= 4 is 39.1 Å². The van der Waals surface area contributed by atoms with E-state index in [4.69, 9.17) is 23.2 Å². The number of sulfonamides is 1. The quantitative estimate of drug-likeness (QED) is 0.752. The number of rotatable bonds is 5. The third-order valence-corrected chi connectivity index (χ3v) is 8.28. The van der Waals surface area contributed by atoms with E-state index in [9.17, 15) is 13.2 Å². The SMILES string of the molecule is C[C@H]1CCCC[C@H]1NC(=O)CN1CCN(S(=O)(=O)c2cc(Cl)ccc2Cl)CC1. The zero-order chi connectivity index (χ0) is 20.3. The molecule has 1 aliphatic heterocycles. The minimum Gasteiger partial charge on any atom is -0.352 e. The van der Waals surface area contributed by atoms with Gasteiger partial charge in [0, 0.05) is 37.2 Å². The van der Waals surface area contributed by atoms with Gasteiger partial charge in [-0.25, -0.2) is 8.42 Å². The molecule has 0 bridgehead atoms. The minimum absolute atomic E-state index is 0.0212. The molecule has 1 heterocycles. The number of carbonyl (C=O) groups excluding carboxylic acids is 1. The van der Waals surface area contributed by atoms with E-state index < -0.39 is 10.0 Å². The van der Waals surface area contributed by atoms with Crippen molar-refractivity contribution < 1.29 is 13.2 Å². The third kappa shape index (κ3) is 5.19. The third-order valence-electron chi connectivity index (χ3n) is 5.67. The van der Waals surface area contributed by atoms with Gasteiger partial charge in [0.25, 0.3) is 0 Å². The second kappa shape index (κ2) is 9.30. The molecule has 1 saturated carbocycles. The zero-order valence-corrected chi connectivity index (χ0v) is 18.4. The highest BCUT2D eigenvalue weighted by molar-refractivity contribution is 7.89. The molecule has 9 heteroatoms. The van der Waals surface area contributed by atoms with Gasteiger partial charge in [0.1, 0.15) is 4.90 Å². The number of nitrogens with zero attached hydrogens (tertiary/aromatic N) is 2. The van der Waals surface area contributed by atoms with Crippen molar-refractivity contribution in [1.29, 1.82) is 0 Å². The fraction of sp³-hybridized carbons (Fsp3) is 0.632. The van der Waals surface area contributed by atoms with Crippen molar-refractivity contribution in [2.24, 2.45) is 5.92 Å². The number of piperazine rings is 1. The fourth-order valence-electron chi connectivity index (χ4n) is 3.93. The van der Waals surface area contributed by atoms with E-state index in [1.54, 1.807) is 6.07 Å². The Morgan fingerprint density at radius 2 is 1.82 bits per heavy atom. The number of hydrogen-bond donors (Lipinski definition) is 1. The van der Waals surface area contributed by atoms with Gasteiger partial charge in [-0.05, 0) is 37.0 Å². The van der Waals surface area contributed by atoms with Gasteiger partial charge in [-0.1, -0.05) is 43.0 Å². The van der Waals surface area contributed by atoms with Crippen LogP contribution in [0.15, 0.2) is 23.1 Å². The van der Waals surface area contributed by atoms with Crippen LogP contribution >= 0.6 is 23.2 Å². The van der Waals surface area contributed by atoms with Gasteiger partial charge < -0.3 is 5.32 Å². The van der Waals surface area contributed by atoms with Gasteiger partial charge >= 0.3 is 0 Å². The molecule has 1 saturated heterocycles. The molecular weight excluding hydrogens is 421 g/mol. The number of halogens is 2. The maximum atomic E-state index is 12.9. The van der Waals surface area contributed by atoms with E-state index >= 15 is 0 Å². The molecule has 0 aromatic heterocycles. The summed E-state index contributed by atoms with van der Waals surface area (Å²) < 4.78 is 27.2. The average Bonchev–Trinajstić information content (AvgIpc) is 2.66. The zero-order valence-electron chi connectivity index (χ0n) is 16.0. The predicted octanol–water partition coefficient (Wildman–Crippen LogP) is 2.99. The van der Waals surface area contributed by atoms with Gasteiger partial charge in [0.2, 0.25) is 15.9 Å². The van der Waals surface area contributed by atoms with Crippen LogP contribution in [0, 0.1) is 5.92 Å². The summed E-state index contributed by atoms with van der Waals surface area (Å²) in [4.78, 5) is 14.4. The largest absolute Gasteiger partial charge is 0.352 e. The summed E-state index contributed by atoms with van der Waals surface area (Å²) in [6.07, 6.45) is 4.60. The number of benzene rings is 1. The smallest absolute Gasteiger partial charge is 0.244 e. The first-order valence-corrected chi connectivity index (χ1v) is 11.9. The molecule has 2 aliphatic rings. The lowest BCUT2D eigenvalue weighted by atomic mass is 9.86. The highest BCUT2D eigenvalue weighted by Crippen LogP contribution is 2.28. The monoisotopic (exact) mass is 447 g/mol. The molecule has 1 aromatic carbocycles. The van der Waals surface area contributed by atoms with Crippen LogP contribution in [-0.2, 0) is 14.8 Å². The molecule has 0 spiro atoms. The van der Waals surface area contributed by atoms with Crippen LogP contribution in [0.4, 0.5) is 0 Å². The van der Waals surface area contributed by atoms with Crippen LogP contribution in [-0.4, -0.2) is 62.3 Å². The van der Waals surface area contributed by atoms with E-state index in [1.807, 2.05) is 4.90 Å². The lowest BCUT2D eigenvalue weighted by molar-refractivity contribution is -0.123. The molecular formula is C19H27Cl2N3O3S. The highest BCUT2D eigenvalue weighted by Gasteiger charge is 2.31. The molecule has 1 N–H and O–H groups in total. The number of amides is 1. The van der Waals surface area contributed by atoms with Crippen molar-refractivity contribution in [1.82, 2.24) is 14.5 Å². The molecule has 1 aromatic rings. The number of hydrogen-bond acceptors (Lipinski definition) is 4. The van der Waals surface area contributed by atoms with Crippen LogP contribution in [0.2, 0.25) is 10.0 Å². The molecule has 2 fully saturated rings. The van der Waals surface area contributed by atoms with Gasteiger partial charge in [0.15, 0.2) is 0 Å². The van der Waals surface area contributed by atoms with Crippen LogP contribution in [0.3, 0.4) is 0 Å². The van der Waals surface area contributed by atoms with Crippen LogP contribution in [0.1, 0.15) is 32.6 Å².